The molecule has 7 heteroatoms. The molecule has 0 spiro atoms. The first kappa shape index (κ1) is 19.6. The van der Waals surface area contributed by atoms with Gasteiger partial charge in [0.05, 0.1) is 19.8 Å². The molecule has 23 heavy (non-hydrogen) atoms. The van der Waals surface area contributed by atoms with Crippen molar-refractivity contribution >= 4 is 0 Å². The minimum atomic E-state index is -1.44. The molecule has 5 atom stereocenters. The van der Waals surface area contributed by atoms with Crippen LogP contribution in [0.25, 0.3) is 0 Å². The van der Waals surface area contributed by atoms with E-state index in [0.29, 0.717) is 12.8 Å². The first-order valence-electron chi connectivity index (χ1n) is 7.28. The highest BCUT2D eigenvalue weighted by Gasteiger charge is 2.43. The maximum Gasteiger partial charge on any atom is 0.186 e. The smallest absolute Gasteiger partial charge is 0.186 e. The first-order valence-corrected chi connectivity index (χ1v) is 7.28. The van der Waals surface area contributed by atoms with E-state index in [1.165, 1.54) is 12.2 Å². The summed E-state index contributed by atoms with van der Waals surface area (Å²) in [5, 5.41) is 46.5. The summed E-state index contributed by atoms with van der Waals surface area (Å²) in [5.74, 6) is 10.7. The molecule has 1 fully saturated rings. The number of aliphatic hydroxyl groups is 5. The Kier molecular flexibility index (Phi) is 9.53. The summed E-state index contributed by atoms with van der Waals surface area (Å²) < 4.78 is 10.5. The van der Waals surface area contributed by atoms with Gasteiger partial charge in [-0.05, 0) is 24.3 Å². The zero-order valence-corrected chi connectivity index (χ0v) is 12.6. The van der Waals surface area contributed by atoms with Crippen LogP contribution in [0.15, 0.2) is 12.2 Å². The quantitative estimate of drug-likeness (QED) is 0.287. The lowest BCUT2D eigenvalue weighted by Crippen LogP contribution is -2.59. The van der Waals surface area contributed by atoms with E-state index in [9.17, 15) is 15.3 Å². The van der Waals surface area contributed by atoms with Crippen molar-refractivity contribution in [1.29, 1.82) is 0 Å². The van der Waals surface area contributed by atoms with Crippen molar-refractivity contribution in [2.45, 2.75) is 43.5 Å². The Morgan fingerprint density at radius 1 is 1.04 bits per heavy atom. The highest BCUT2D eigenvalue weighted by atomic mass is 16.7. The van der Waals surface area contributed by atoms with Crippen molar-refractivity contribution in [3.05, 3.63) is 12.2 Å². The topological polar surface area (TPSA) is 120 Å². The molecule has 0 aromatic rings. The lowest BCUT2D eigenvalue weighted by atomic mass is 9.99. The van der Waals surface area contributed by atoms with Crippen LogP contribution < -0.4 is 0 Å². The van der Waals surface area contributed by atoms with Crippen molar-refractivity contribution in [2.75, 3.05) is 19.8 Å². The maximum absolute atomic E-state index is 9.75. The lowest BCUT2D eigenvalue weighted by molar-refractivity contribution is -0.301. The first-order chi connectivity index (χ1) is 11.1. The normalized spacial score (nSPS) is 30.4. The molecule has 0 aromatic heterocycles. The molecular formula is C16H22O7. The summed E-state index contributed by atoms with van der Waals surface area (Å²) in [5.41, 5.74) is 0. The average molecular weight is 326 g/mol. The molecule has 0 saturated carbocycles. The zero-order chi connectivity index (χ0) is 17.1. The van der Waals surface area contributed by atoms with Crippen molar-refractivity contribution in [1.82, 2.24) is 0 Å². The van der Waals surface area contributed by atoms with Gasteiger partial charge in [0.25, 0.3) is 0 Å². The van der Waals surface area contributed by atoms with Crippen molar-refractivity contribution < 1.29 is 35.0 Å². The highest BCUT2D eigenvalue weighted by molar-refractivity contribution is 5.30. The van der Waals surface area contributed by atoms with E-state index in [1.807, 2.05) is 0 Å². The second-order valence-corrected chi connectivity index (χ2v) is 4.83. The maximum atomic E-state index is 9.75. The van der Waals surface area contributed by atoms with Gasteiger partial charge in [0.15, 0.2) is 6.29 Å². The SMILES string of the molecule is OC/C=C/C#CC#CCCCO[C@@H]1O[C@H](CO)[C@@H](O)[C@H](O)[C@H]1O. The highest BCUT2D eigenvalue weighted by Crippen LogP contribution is 2.21. The molecule has 1 aliphatic rings. The van der Waals surface area contributed by atoms with Gasteiger partial charge >= 0.3 is 0 Å². The van der Waals surface area contributed by atoms with Gasteiger partial charge in [0, 0.05) is 6.42 Å². The van der Waals surface area contributed by atoms with Crippen LogP contribution >= 0.6 is 0 Å². The van der Waals surface area contributed by atoms with Gasteiger partial charge < -0.3 is 35.0 Å². The van der Waals surface area contributed by atoms with Crippen LogP contribution in [-0.4, -0.2) is 76.1 Å². The average Bonchev–Trinajstić information content (AvgIpc) is 2.56. The van der Waals surface area contributed by atoms with Gasteiger partial charge in [-0.1, -0.05) is 17.9 Å². The number of ether oxygens (including phenoxy) is 2. The summed E-state index contributed by atoms with van der Waals surface area (Å²) in [6, 6.07) is 0. The molecule has 0 unspecified atom stereocenters. The number of aliphatic hydroxyl groups excluding tert-OH is 5. The fourth-order valence-electron chi connectivity index (χ4n) is 1.86. The minimum absolute atomic E-state index is 0.0581. The molecule has 5 N–H and O–H groups in total. The number of rotatable bonds is 6. The van der Waals surface area contributed by atoms with E-state index in [-0.39, 0.29) is 13.2 Å². The van der Waals surface area contributed by atoms with Crippen molar-refractivity contribution in [3.63, 3.8) is 0 Å². The third-order valence-electron chi connectivity index (χ3n) is 3.11. The summed E-state index contributed by atoms with van der Waals surface area (Å²) >= 11 is 0. The van der Waals surface area contributed by atoms with E-state index in [2.05, 4.69) is 23.7 Å². The molecule has 1 aliphatic heterocycles. The third kappa shape index (κ3) is 6.69. The lowest BCUT2D eigenvalue weighted by Gasteiger charge is -2.39. The predicted molar refractivity (Wildman–Crippen MR) is 80.7 cm³/mol. The molecule has 1 saturated heterocycles. The second-order valence-electron chi connectivity index (χ2n) is 4.83. The monoisotopic (exact) mass is 326 g/mol. The molecule has 128 valence electrons. The van der Waals surface area contributed by atoms with Gasteiger partial charge in [-0.3, -0.25) is 0 Å². The van der Waals surface area contributed by atoms with Gasteiger partial charge in [-0.2, -0.15) is 0 Å². The summed E-state index contributed by atoms with van der Waals surface area (Å²) in [7, 11) is 0. The Balaban J connectivity index is 2.28. The fourth-order valence-corrected chi connectivity index (χ4v) is 1.86. The molecule has 0 radical (unpaired) electrons. The zero-order valence-electron chi connectivity index (χ0n) is 12.6. The molecule has 0 aliphatic carbocycles. The number of hydrogen-bond donors (Lipinski definition) is 5. The minimum Gasteiger partial charge on any atom is -0.394 e. The van der Waals surface area contributed by atoms with Crippen molar-refractivity contribution in [3.8, 4) is 23.7 Å². The van der Waals surface area contributed by atoms with Crippen LogP contribution in [0.4, 0.5) is 0 Å². The summed E-state index contributed by atoms with van der Waals surface area (Å²) in [6.07, 6.45) is -2.19. The number of unbranched alkanes of at least 4 members (excludes halogenated alkanes) is 1. The van der Waals surface area contributed by atoms with E-state index >= 15 is 0 Å². The van der Waals surface area contributed by atoms with Crippen LogP contribution in [0.2, 0.25) is 0 Å². The standard InChI is InChI=1S/C16H22O7/c17-9-7-5-3-1-2-4-6-8-10-22-16-15(21)14(20)13(19)12(11-18)23-16/h5,7,12-21H,6,8-11H2/b7-5+/t12-,13-,14+,15-,16-/m1/s1. The van der Waals surface area contributed by atoms with Crippen LogP contribution in [0, 0.1) is 23.7 Å². The molecule has 1 heterocycles. The Hall–Kier alpha value is -1.42. The molecule has 7 nitrogen and oxygen atoms in total. The summed E-state index contributed by atoms with van der Waals surface area (Å²) in [4.78, 5) is 0. The van der Waals surface area contributed by atoms with Gasteiger partial charge in [0.2, 0.25) is 0 Å². The van der Waals surface area contributed by atoms with E-state index in [4.69, 9.17) is 19.7 Å². The second kappa shape index (κ2) is 11.2. The molecule has 0 amide bonds. The van der Waals surface area contributed by atoms with Crippen LogP contribution in [0.1, 0.15) is 12.8 Å². The van der Waals surface area contributed by atoms with Gasteiger partial charge in [-0.15, -0.1) is 0 Å². The van der Waals surface area contributed by atoms with E-state index in [0.717, 1.165) is 0 Å². The van der Waals surface area contributed by atoms with Crippen LogP contribution in [0.3, 0.4) is 0 Å². The third-order valence-corrected chi connectivity index (χ3v) is 3.11. The van der Waals surface area contributed by atoms with E-state index in [1.54, 1.807) is 0 Å². The largest absolute Gasteiger partial charge is 0.394 e. The molecule has 0 bridgehead atoms. The van der Waals surface area contributed by atoms with Gasteiger partial charge in [-0.25, -0.2) is 0 Å². The Morgan fingerprint density at radius 2 is 1.83 bits per heavy atom. The molecule has 0 aromatic carbocycles. The number of allylic oxidation sites excluding steroid dienone is 1. The fraction of sp³-hybridized carbons (Fsp3) is 0.625. The van der Waals surface area contributed by atoms with Gasteiger partial charge in [0.1, 0.15) is 24.4 Å². The van der Waals surface area contributed by atoms with Crippen molar-refractivity contribution in [2.24, 2.45) is 0 Å². The number of hydrogen-bond acceptors (Lipinski definition) is 7. The predicted octanol–water partition coefficient (Wildman–Crippen LogP) is -1.86. The van der Waals surface area contributed by atoms with Crippen LogP contribution in [0.5, 0.6) is 0 Å². The van der Waals surface area contributed by atoms with Crippen LogP contribution in [-0.2, 0) is 9.47 Å². The molecular weight excluding hydrogens is 304 g/mol. The Labute approximate surface area is 135 Å². The Morgan fingerprint density at radius 3 is 2.52 bits per heavy atom. The summed E-state index contributed by atoms with van der Waals surface area (Å²) in [6.45, 7) is -0.313. The van der Waals surface area contributed by atoms with E-state index < -0.39 is 37.3 Å². The Bertz CT molecular complexity index is 480. The molecule has 1 rings (SSSR count).